The molecule has 2 aliphatic rings. The van der Waals surface area contributed by atoms with E-state index < -0.39 is 0 Å². The fourth-order valence-electron chi connectivity index (χ4n) is 4.01. The molecule has 0 saturated heterocycles. The third-order valence-corrected chi connectivity index (χ3v) is 5.01. The summed E-state index contributed by atoms with van der Waals surface area (Å²) in [7, 11) is 0. The molecular weight excluding hydrogens is 184 g/mol. The molecule has 0 aliphatic heterocycles. The van der Waals surface area contributed by atoms with Gasteiger partial charge in [0.15, 0.2) is 0 Å². The average Bonchev–Trinajstić information content (AvgIpc) is 2.17. The minimum Gasteiger partial charge on any atom is -0.303 e. The van der Waals surface area contributed by atoms with Gasteiger partial charge in [-0.3, -0.25) is 0 Å². The molecule has 0 aromatic heterocycles. The van der Waals surface area contributed by atoms with Crippen molar-refractivity contribution >= 4 is 6.29 Å². The Hall–Kier alpha value is -0.330. The van der Waals surface area contributed by atoms with E-state index in [0.29, 0.717) is 5.41 Å². The second kappa shape index (κ2) is 3.61. The molecule has 2 aliphatic carbocycles. The highest BCUT2D eigenvalue weighted by Gasteiger charge is 2.45. The molecule has 0 heterocycles. The Bertz CT molecular complexity index is 256. The number of hydrogen-bond donors (Lipinski definition) is 0. The maximum absolute atomic E-state index is 11.1. The van der Waals surface area contributed by atoms with Crippen molar-refractivity contribution in [3.8, 4) is 0 Å². The van der Waals surface area contributed by atoms with Gasteiger partial charge in [-0.25, -0.2) is 0 Å². The Balaban J connectivity index is 2.13. The number of fused-ring (bicyclic) bond motifs is 1. The quantitative estimate of drug-likeness (QED) is 0.599. The van der Waals surface area contributed by atoms with Gasteiger partial charge in [0.05, 0.1) is 0 Å². The van der Waals surface area contributed by atoms with E-state index in [1.54, 1.807) is 0 Å². The summed E-state index contributed by atoms with van der Waals surface area (Å²) in [5.41, 5.74) is 0.516. The molecule has 15 heavy (non-hydrogen) atoms. The minimum absolute atomic E-state index is 0.00537. The first-order valence-electron chi connectivity index (χ1n) is 6.43. The van der Waals surface area contributed by atoms with Gasteiger partial charge in [-0.15, -0.1) is 0 Å². The standard InChI is InChI=1S/C14H24O/c1-13(2)7-4-5-11-9-14(3,10-15)8-6-12(11)13/h10-12H,4-9H2,1-3H3. The Morgan fingerprint density at radius 2 is 1.87 bits per heavy atom. The minimum atomic E-state index is -0.00537. The summed E-state index contributed by atoms with van der Waals surface area (Å²) in [6, 6.07) is 0. The van der Waals surface area contributed by atoms with Crippen molar-refractivity contribution in [3.63, 3.8) is 0 Å². The third-order valence-electron chi connectivity index (χ3n) is 5.01. The molecule has 1 heteroatoms. The maximum atomic E-state index is 11.1. The van der Waals surface area contributed by atoms with E-state index in [1.807, 2.05) is 0 Å². The zero-order valence-corrected chi connectivity index (χ0v) is 10.4. The fraction of sp³-hybridized carbons (Fsp3) is 0.929. The molecule has 86 valence electrons. The van der Waals surface area contributed by atoms with Gasteiger partial charge in [0, 0.05) is 5.41 Å². The molecule has 1 nitrogen and oxygen atoms in total. The van der Waals surface area contributed by atoms with Gasteiger partial charge >= 0.3 is 0 Å². The summed E-state index contributed by atoms with van der Waals surface area (Å²) in [6.45, 7) is 7.00. The second-order valence-corrected chi connectivity index (χ2v) is 6.76. The normalized spacial score (nSPS) is 44.5. The van der Waals surface area contributed by atoms with Crippen LogP contribution in [-0.2, 0) is 4.79 Å². The van der Waals surface area contributed by atoms with Gasteiger partial charge < -0.3 is 4.79 Å². The zero-order chi connectivity index (χ0) is 11.1. The number of hydrogen-bond acceptors (Lipinski definition) is 1. The second-order valence-electron chi connectivity index (χ2n) is 6.76. The van der Waals surface area contributed by atoms with Crippen molar-refractivity contribution in [2.75, 3.05) is 0 Å². The first-order valence-corrected chi connectivity index (χ1v) is 6.43. The first-order chi connectivity index (χ1) is 6.97. The number of rotatable bonds is 1. The largest absolute Gasteiger partial charge is 0.303 e. The molecule has 2 fully saturated rings. The van der Waals surface area contributed by atoms with Crippen LogP contribution in [0.4, 0.5) is 0 Å². The van der Waals surface area contributed by atoms with E-state index >= 15 is 0 Å². The molecule has 0 N–H and O–H groups in total. The van der Waals surface area contributed by atoms with Crippen LogP contribution in [0.3, 0.4) is 0 Å². The highest BCUT2D eigenvalue weighted by atomic mass is 16.1. The summed E-state index contributed by atoms with van der Waals surface area (Å²) >= 11 is 0. The Labute approximate surface area is 93.6 Å². The van der Waals surface area contributed by atoms with E-state index in [-0.39, 0.29) is 5.41 Å². The van der Waals surface area contributed by atoms with Crippen LogP contribution < -0.4 is 0 Å². The van der Waals surface area contributed by atoms with Crippen molar-refractivity contribution in [1.82, 2.24) is 0 Å². The lowest BCUT2D eigenvalue weighted by molar-refractivity contribution is -0.120. The van der Waals surface area contributed by atoms with E-state index in [4.69, 9.17) is 0 Å². The van der Waals surface area contributed by atoms with Crippen LogP contribution in [-0.4, -0.2) is 6.29 Å². The Kier molecular flexibility index (Phi) is 2.68. The zero-order valence-electron chi connectivity index (χ0n) is 10.4. The molecule has 3 unspecified atom stereocenters. The smallest absolute Gasteiger partial charge is 0.125 e. The molecule has 0 radical (unpaired) electrons. The lowest BCUT2D eigenvalue weighted by Crippen LogP contribution is -2.42. The molecule has 2 saturated carbocycles. The third kappa shape index (κ3) is 1.98. The van der Waals surface area contributed by atoms with Gasteiger partial charge in [-0.1, -0.05) is 33.6 Å². The van der Waals surface area contributed by atoms with Crippen LogP contribution in [0, 0.1) is 22.7 Å². The van der Waals surface area contributed by atoms with E-state index in [0.717, 1.165) is 24.7 Å². The molecule has 3 atom stereocenters. The number of aldehydes is 1. The Morgan fingerprint density at radius 3 is 2.53 bits per heavy atom. The Morgan fingerprint density at radius 1 is 1.13 bits per heavy atom. The van der Waals surface area contributed by atoms with Gasteiger partial charge in [0.1, 0.15) is 6.29 Å². The summed E-state index contributed by atoms with van der Waals surface area (Å²) < 4.78 is 0. The van der Waals surface area contributed by atoms with E-state index in [2.05, 4.69) is 20.8 Å². The highest BCUT2D eigenvalue weighted by Crippen LogP contribution is 2.54. The van der Waals surface area contributed by atoms with Crippen molar-refractivity contribution < 1.29 is 4.79 Å². The number of carbonyl (C=O) groups excluding carboxylic acids is 1. The van der Waals surface area contributed by atoms with Gasteiger partial charge in [-0.2, -0.15) is 0 Å². The van der Waals surface area contributed by atoms with Gasteiger partial charge in [0.25, 0.3) is 0 Å². The molecule has 2 rings (SSSR count). The van der Waals surface area contributed by atoms with Crippen molar-refractivity contribution in [3.05, 3.63) is 0 Å². The van der Waals surface area contributed by atoms with Crippen molar-refractivity contribution in [2.45, 2.75) is 59.3 Å². The van der Waals surface area contributed by atoms with Crippen molar-refractivity contribution in [1.29, 1.82) is 0 Å². The van der Waals surface area contributed by atoms with E-state index in [1.165, 1.54) is 32.0 Å². The molecule has 0 spiro atoms. The fourth-order valence-corrected chi connectivity index (χ4v) is 4.01. The maximum Gasteiger partial charge on any atom is 0.125 e. The lowest BCUT2D eigenvalue weighted by Gasteiger charge is -2.50. The van der Waals surface area contributed by atoms with Crippen LogP contribution in [0.5, 0.6) is 0 Å². The summed E-state index contributed by atoms with van der Waals surface area (Å²) in [5, 5.41) is 0. The molecule has 0 amide bonds. The highest BCUT2D eigenvalue weighted by molar-refractivity contribution is 5.58. The molecule has 0 aromatic rings. The average molecular weight is 208 g/mol. The summed E-state index contributed by atoms with van der Waals surface area (Å²) in [5.74, 6) is 1.69. The van der Waals surface area contributed by atoms with E-state index in [9.17, 15) is 4.79 Å². The van der Waals surface area contributed by atoms with Gasteiger partial charge in [0.2, 0.25) is 0 Å². The monoisotopic (exact) mass is 208 g/mol. The van der Waals surface area contributed by atoms with Gasteiger partial charge in [-0.05, 0) is 42.9 Å². The van der Waals surface area contributed by atoms with Crippen molar-refractivity contribution in [2.24, 2.45) is 22.7 Å². The van der Waals surface area contributed by atoms with Crippen LogP contribution in [0.2, 0.25) is 0 Å². The SMILES string of the molecule is CC1(C=O)CCC2C(CCCC2(C)C)C1. The molecule has 0 bridgehead atoms. The van der Waals surface area contributed by atoms with Crippen LogP contribution >= 0.6 is 0 Å². The lowest BCUT2D eigenvalue weighted by atomic mass is 9.54. The predicted octanol–water partition coefficient (Wildman–Crippen LogP) is 3.82. The molecule has 0 aromatic carbocycles. The topological polar surface area (TPSA) is 17.1 Å². The van der Waals surface area contributed by atoms with Crippen LogP contribution in [0.1, 0.15) is 59.3 Å². The summed E-state index contributed by atoms with van der Waals surface area (Å²) in [4.78, 5) is 11.1. The summed E-state index contributed by atoms with van der Waals surface area (Å²) in [6.07, 6.45) is 8.84. The van der Waals surface area contributed by atoms with Crippen LogP contribution in [0.15, 0.2) is 0 Å². The predicted molar refractivity (Wildman–Crippen MR) is 62.6 cm³/mol. The molecular formula is C14H24O. The number of carbonyl (C=O) groups is 1. The van der Waals surface area contributed by atoms with Crippen LogP contribution in [0.25, 0.3) is 0 Å². The first kappa shape index (κ1) is 11.2.